The van der Waals surface area contributed by atoms with E-state index in [0.29, 0.717) is 5.69 Å². The third-order valence-electron chi connectivity index (χ3n) is 2.71. The predicted molar refractivity (Wildman–Crippen MR) is 63.3 cm³/mol. The highest BCUT2D eigenvalue weighted by atomic mass is 16.3. The lowest BCUT2D eigenvalue weighted by Crippen LogP contribution is -2.11. The van der Waals surface area contributed by atoms with Gasteiger partial charge in [0.25, 0.3) is 0 Å². The van der Waals surface area contributed by atoms with Gasteiger partial charge in [-0.2, -0.15) is 0 Å². The number of nitrogens with zero attached hydrogens (tertiary/aromatic N) is 4. The molecule has 5 heteroatoms. The highest BCUT2D eigenvalue weighted by Gasteiger charge is 2.17. The van der Waals surface area contributed by atoms with Gasteiger partial charge in [0.05, 0.1) is 11.9 Å². The van der Waals surface area contributed by atoms with Gasteiger partial charge in [-0.1, -0.05) is 18.2 Å². The van der Waals surface area contributed by atoms with Crippen LogP contribution in [0.5, 0.6) is 0 Å². The first-order valence-corrected chi connectivity index (χ1v) is 5.72. The summed E-state index contributed by atoms with van der Waals surface area (Å²) in [4.78, 5) is 4.18. The van der Waals surface area contributed by atoms with E-state index >= 15 is 0 Å². The molecule has 1 unspecified atom stereocenters. The largest absolute Gasteiger partial charge is 0.382 e. The first-order chi connectivity index (χ1) is 8.24. The molecule has 0 spiro atoms. The lowest BCUT2D eigenvalue weighted by Gasteiger charge is -2.13. The maximum absolute atomic E-state index is 10.3. The van der Waals surface area contributed by atoms with E-state index in [1.807, 2.05) is 19.1 Å². The van der Waals surface area contributed by atoms with Gasteiger partial charge in [0, 0.05) is 24.0 Å². The fourth-order valence-electron chi connectivity index (χ4n) is 1.81. The standard InChI is InChI=1S/C12H16N4O/c1-3-7-16-11(8-14-15-16)12(17)10-5-4-6-13-9(10)2/h4-6,8,12,17H,3,7H2,1-2H3. The normalized spacial score (nSPS) is 12.6. The smallest absolute Gasteiger partial charge is 0.124 e. The lowest BCUT2D eigenvalue weighted by atomic mass is 10.1. The Morgan fingerprint density at radius 3 is 3.00 bits per heavy atom. The van der Waals surface area contributed by atoms with Crippen molar-refractivity contribution in [1.29, 1.82) is 0 Å². The van der Waals surface area contributed by atoms with Crippen molar-refractivity contribution in [3.63, 3.8) is 0 Å². The van der Waals surface area contributed by atoms with E-state index in [1.54, 1.807) is 17.1 Å². The van der Waals surface area contributed by atoms with Crippen LogP contribution in [0.15, 0.2) is 24.5 Å². The highest BCUT2D eigenvalue weighted by molar-refractivity contribution is 5.27. The van der Waals surface area contributed by atoms with E-state index in [0.717, 1.165) is 24.2 Å². The minimum Gasteiger partial charge on any atom is -0.382 e. The summed E-state index contributed by atoms with van der Waals surface area (Å²) < 4.78 is 1.73. The number of pyridine rings is 1. The van der Waals surface area contributed by atoms with E-state index in [1.165, 1.54) is 0 Å². The van der Waals surface area contributed by atoms with E-state index < -0.39 is 6.10 Å². The fourth-order valence-corrected chi connectivity index (χ4v) is 1.81. The Morgan fingerprint density at radius 1 is 1.47 bits per heavy atom. The lowest BCUT2D eigenvalue weighted by molar-refractivity contribution is 0.206. The fraction of sp³-hybridized carbons (Fsp3) is 0.417. The van der Waals surface area contributed by atoms with Crippen LogP contribution in [-0.2, 0) is 6.54 Å². The molecule has 0 aliphatic heterocycles. The molecule has 0 radical (unpaired) electrons. The molecule has 0 saturated heterocycles. The van der Waals surface area contributed by atoms with Crippen molar-refractivity contribution in [2.45, 2.75) is 32.9 Å². The second-order valence-electron chi connectivity index (χ2n) is 3.96. The molecule has 2 rings (SSSR count). The second-order valence-corrected chi connectivity index (χ2v) is 3.96. The molecule has 1 atom stereocenters. The molecule has 0 aliphatic carbocycles. The van der Waals surface area contributed by atoms with Crippen LogP contribution >= 0.6 is 0 Å². The quantitative estimate of drug-likeness (QED) is 0.867. The van der Waals surface area contributed by atoms with Crippen molar-refractivity contribution in [3.8, 4) is 0 Å². The van der Waals surface area contributed by atoms with Gasteiger partial charge in [-0.15, -0.1) is 5.10 Å². The van der Waals surface area contributed by atoms with E-state index in [9.17, 15) is 5.11 Å². The zero-order chi connectivity index (χ0) is 12.3. The van der Waals surface area contributed by atoms with Crippen molar-refractivity contribution in [3.05, 3.63) is 41.5 Å². The molecule has 5 nitrogen and oxygen atoms in total. The Balaban J connectivity index is 2.34. The Hall–Kier alpha value is -1.75. The first kappa shape index (κ1) is 11.7. The van der Waals surface area contributed by atoms with Crippen molar-refractivity contribution >= 4 is 0 Å². The van der Waals surface area contributed by atoms with Gasteiger partial charge in [0.2, 0.25) is 0 Å². The van der Waals surface area contributed by atoms with Crippen molar-refractivity contribution in [2.24, 2.45) is 0 Å². The molecule has 17 heavy (non-hydrogen) atoms. The Labute approximate surface area is 100 Å². The molecule has 0 amide bonds. The summed E-state index contributed by atoms with van der Waals surface area (Å²) in [5.74, 6) is 0. The summed E-state index contributed by atoms with van der Waals surface area (Å²) in [5.41, 5.74) is 2.33. The average molecular weight is 232 g/mol. The topological polar surface area (TPSA) is 63.8 Å². The zero-order valence-corrected chi connectivity index (χ0v) is 10.0. The number of hydrogen-bond donors (Lipinski definition) is 1. The molecule has 1 N–H and O–H groups in total. The third-order valence-corrected chi connectivity index (χ3v) is 2.71. The van der Waals surface area contributed by atoms with Gasteiger partial charge >= 0.3 is 0 Å². The second kappa shape index (κ2) is 5.05. The van der Waals surface area contributed by atoms with Crippen LogP contribution in [0.2, 0.25) is 0 Å². The Kier molecular flexibility index (Phi) is 3.49. The molecule has 2 aromatic rings. The average Bonchev–Trinajstić information content (AvgIpc) is 2.78. The molecule has 0 bridgehead atoms. The van der Waals surface area contributed by atoms with Crippen LogP contribution in [0, 0.1) is 6.92 Å². The number of hydrogen-bond acceptors (Lipinski definition) is 4. The van der Waals surface area contributed by atoms with Gasteiger partial charge in [-0.25, -0.2) is 4.68 Å². The molecule has 90 valence electrons. The summed E-state index contributed by atoms with van der Waals surface area (Å²) in [5, 5.41) is 18.1. The third kappa shape index (κ3) is 2.34. The summed E-state index contributed by atoms with van der Waals surface area (Å²) in [6, 6.07) is 3.69. The predicted octanol–water partition coefficient (Wildman–Crippen LogP) is 1.47. The minimum absolute atomic E-state index is 0.711. The molecule has 0 aromatic carbocycles. The van der Waals surface area contributed by atoms with Crippen LogP contribution in [0.4, 0.5) is 0 Å². The van der Waals surface area contributed by atoms with Crippen LogP contribution in [-0.4, -0.2) is 25.1 Å². The number of aromatic nitrogens is 4. The number of aliphatic hydroxyl groups is 1. The molecular weight excluding hydrogens is 216 g/mol. The van der Waals surface area contributed by atoms with E-state index in [-0.39, 0.29) is 0 Å². The van der Waals surface area contributed by atoms with Crippen LogP contribution < -0.4 is 0 Å². The monoisotopic (exact) mass is 232 g/mol. The zero-order valence-electron chi connectivity index (χ0n) is 10.0. The van der Waals surface area contributed by atoms with Gasteiger partial charge < -0.3 is 5.11 Å². The Morgan fingerprint density at radius 2 is 2.29 bits per heavy atom. The summed E-state index contributed by atoms with van der Waals surface area (Å²) in [6.07, 6.45) is 3.56. The maximum atomic E-state index is 10.3. The molecule has 0 saturated carbocycles. The van der Waals surface area contributed by atoms with Gasteiger partial charge in [-0.05, 0) is 19.4 Å². The van der Waals surface area contributed by atoms with E-state index in [2.05, 4.69) is 22.2 Å². The van der Waals surface area contributed by atoms with Crippen molar-refractivity contribution in [2.75, 3.05) is 0 Å². The van der Waals surface area contributed by atoms with Crippen LogP contribution in [0.1, 0.15) is 36.4 Å². The molecule has 0 fully saturated rings. The van der Waals surface area contributed by atoms with Gasteiger partial charge in [0.15, 0.2) is 0 Å². The molecule has 0 aliphatic rings. The van der Waals surface area contributed by atoms with Crippen LogP contribution in [0.25, 0.3) is 0 Å². The van der Waals surface area contributed by atoms with Crippen LogP contribution in [0.3, 0.4) is 0 Å². The summed E-state index contributed by atoms with van der Waals surface area (Å²) in [7, 11) is 0. The van der Waals surface area contributed by atoms with Crippen molar-refractivity contribution < 1.29 is 5.11 Å². The number of rotatable bonds is 4. The minimum atomic E-state index is -0.717. The first-order valence-electron chi connectivity index (χ1n) is 5.72. The highest BCUT2D eigenvalue weighted by Crippen LogP contribution is 2.22. The van der Waals surface area contributed by atoms with E-state index in [4.69, 9.17) is 0 Å². The van der Waals surface area contributed by atoms with Gasteiger partial charge in [-0.3, -0.25) is 4.98 Å². The number of aryl methyl sites for hydroxylation is 2. The SMILES string of the molecule is CCCn1nncc1C(O)c1cccnc1C. The molecular formula is C12H16N4O. The molecule has 2 heterocycles. The number of aliphatic hydroxyl groups excluding tert-OH is 1. The molecule has 2 aromatic heterocycles. The van der Waals surface area contributed by atoms with Crippen molar-refractivity contribution in [1.82, 2.24) is 20.0 Å². The summed E-state index contributed by atoms with van der Waals surface area (Å²) >= 11 is 0. The Bertz CT molecular complexity index is 495. The summed E-state index contributed by atoms with van der Waals surface area (Å²) in [6.45, 7) is 4.70. The van der Waals surface area contributed by atoms with Gasteiger partial charge in [0.1, 0.15) is 6.10 Å². The maximum Gasteiger partial charge on any atom is 0.124 e.